The second-order valence-electron chi connectivity index (χ2n) is 9.76. The van der Waals surface area contributed by atoms with Gasteiger partial charge in [-0.2, -0.15) is 0 Å². The second kappa shape index (κ2) is 12.0. The molecule has 9 nitrogen and oxygen atoms in total. The number of piperidine rings is 1. The second-order valence-corrected chi connectivity index (χ2v) is 10.2. The lowest BCUT2D eigenvalue weighted by Crippen LogP contribution is -2.48. The van der Waals surface area contributed by atoms with Gasteiger partial charge in [-0.25, -0.2) is 4.79 Å². The Labute approximate surface area is 226 Å². The maximum atomic E-state index is 13.2. The minimum atomic E-state index is -1.38. The fourth-order valence-corrected chi connectivity index (χ4v) is 5.60. The first kappa shape index (κ1) is 27.6. The number of carboxylic acid groups (broad SMARTS) is 1. The van der Waals surface area contributed by atoms with Crippen molar-refractivity contribution in [2.45, 2.75) is 44.8 Å². The molecule has 2 atom stereocenters. The van der Waals surface area contributed by atoms with Gasteiger partial charge in [0.05, 0.1) is 12.1 Å². The molecule has 202 valence electrons. The number of halogens is 1. The van der Waals surface area contributed by atoms with Crippen LogP contribution < -0.4 is 11.1 Å². The van der Waals surface area contributed by atoms with Gasteiger partial charge in [-0.1, -0.05) is 58.7 Å². The molecule has 1 saturated heterocycles. The van der Waals surface area contributed by atoms with Crippen molar-refractivity contribution in [2.24, 2.45) is 11.7 Å². The standard InChI is InChI=1S/C28H33ClN4O5/c1-18-6-2-7-19(14-18)25-22(9-3-10-23(25)29)28(37,11-5-12-31-27(35)36)20-8-4-13-33(17-20)26(34)24-15-21(16-30)38-32-24/h2-3,6-7,9-10,14-15,20,31,37H,4-5,8,11-13,16-17,30H2,1H3,(H,35,36)/t20-,28+/m1/s1. The molecule has 1 aromatic heterocycles. The molecule has 1 aliphatic rings. The molecule has 2 aromatic carbocycles. The van der Waals surface area contributed by atoms with Gasteiger partial charge < -0.3 is 30.7 Å². The number of nitrogens with two attached hydrogens (primary N) is 1. The van der Waals surface area contributed by atoms with Crippen LogP contribution in [0.4, 0.5) is 4.79 Å². The highest BCUT2D eigenvalue weighted by Gasteiger charge is 2.43. The number of amides is 2. The number of hydrogen-bond donors (Lipinski definition) is 4. The van der Waals surface area contributed by atoms with E-state index in [1.807, 2.05) is 43.3 Å². The monoisotopic (exact) mass is 540 g/mol. The molecule has 0 bridgehead atoms. The summed E-state index contributed by atoms with van der Waals surface area (Å²) in [6.45, 7) is 3.15. The number of benzene rings is 2. The molecule has 0 spiro atoms. The van der Waals surface area contributed by atoms with E-state index < -0.39 is 11.7 Å². The van der Waals surface area contributed by atoms with E-state index >= 15 is 0 Å². The summed E-state index contributed by atoms with van der Waals surface area (Å²) in [6.07, 6.45) is 0.930. The molecule has 1 fully saturated rings. The van der Waals surface area contributed by atoms with Gasteiger partial charge in [-0.15, -0.1) is 0 Å². The molecule has 4 rings (SSSR count). The van der Waals surface area contributed by atoms with E-state index in [2.05, 4.69) is 10.5 Å². The Morgan fingerprint density at radius 2 is 2.05 bits per heavy atom. The zero-order valence-electron chi connectivity index (χ0n) is 21.3. The summed E-state index contributed by atoms with van der Waals surface area (Å²) in [5.74, 6) is -0.183. The zero-order valence-corrected chi connectivity index (χ0v) is 22.1. The molecular weight excluding hydrogens is 508 g/mol. The van der Waals surface area contributed by atoms with Crippen LogP contribution in [0.1, 0.15) is 53.1 Å². The number of carbonyl (C=O) groups is 2. The molecule has 38 heavy (non-hydrogen) atoms. The highest BCUT2D eigenvalue weighted by atomic mass is 35.5. The lowest BCUT2D eigenvalue weighted by atomic mass is 9.72. The Morgan fingerprint density at radius 1 is 1.26 bits per heavy atom. The van der Waals surface area contributed by atoms with Crippen LogP contribution in [0.2, 0.25) is 5.02 Å². The lowest BCUT2D eigenvalue weighted by molar-refractivity contribution is -0.0564. The van der Waals surface area contributed by atoms with Gasteiger partial charge in [-0.05, 0) is 49.8 Å². The minimum absolute atomic E-state index is 0.142. The highest BCUT2D eigenvalue weighted by Crippen LogP contribution is 2.45. The number of aromatic nitrogens is 1. The fourth-order valence-electron chi connectivity index (χ4n) is 5.31. The average Bonchev–Trinajstić information content (AvgIpc) is 3.40. The van der Waals surface area contributed by atoms with Gasteiger partial charge in [0.25, 0.3) is 5.91 Å². The van der Waals surface area contributed by atoms with E-state index in [0.29, 0.717) is 48.7 Å². The number of likely N-dealkylation sites (tertiary alicyclic amines) is 1. The van der Waals surface area contributed by atoms with Crippen molar-refractivity contribution in [3.63, 3.8) is 0 Å². The summed E-state index contributed by atoms with van der Waals surface area (Å²) in [4.78, 5) is 26.0. The summed E-state index contributed by atoms with van der Waals surface area (Å²) in [6, 6.07) is 14.9. The van der Waals surface area contributed by atoms with Crippen molar-refractivity contribution in [3.8, 4) is 11.1 Å². The molecule has 1 aliphatic heterocycles. The molecule has 10 heteroatoms. The van der Waals surface area contributed by atoms with E-state index in [1.165, 1.54) is 0 Å². The van der Waals surface area contributed by atoms with Crippen LogP contribution in [0.3, 0.4) is 0 Å². The Bertz CT molecular complexity index is 1300. The SMILES string of the molecule is Cc1cccc(-c2c(Cl)cccc2[C@](O)(CCCNC(=O)O)[C@@H]2CCCN(C(=O)c3cc(CN)on3)C2)c1. The minimum Gasteiger partial charge on any atom is -0.465 e. The van der Waals surface area contributed by atoms with E-state index in [-0.39, 0.29) is 37.0 Å². The summed E-state index contributed by atoms with van der Waals surface area (Å²) < 4.78 is 5.12. The van der Waals surface area contributed by atoms with Gasteiger partial charge >= 0.3 is 6.09 Å². The van der Waals surface area contributed by atoms with Gasteiger partial charge in [0.2, 0.25) is 0 Å². The molecule has 2 amide bonds. The van der Waals surface area contributed by atoms with Crippen molar-refractivity contribution in [2.75, 3.05) is 19.6 Å². The lowest BCUT2D eigenvalue weighted by Gasteiger charge is -2.43. The maximum absolute atomic E-state index is 13.2. The quantitative estimate of drug-likeness (QED) is 0.292. The maximum Gasteiger partial charge on any atom is 0.404 e. The molecular formula is C28H33ClN4O5. The molecule has 0 aliphatic carbocycles. The van der Waals surface area contributed by atoms with Crippen molar-refractivity contribution >= 4 is 23.6 Å². The van der Waals surface area contributed by atoms with Gasteiger partial charge in [0.15, 0.2) is 11.5 Å². The Morgan fingerprint density at radius 3 is 2.76 bits per heavy atom. The van der Waals surface area contributed by atoms with Gasteiger partial charge in [-0.3, -0.25) is 4.79 Å². The third kappa shape index (κ3) is 6.01. The van der Waals surface area contributed by atoms with Crippen LogP contribution >= 0.6 is 11.6 Å². The summed E-state index contributed by atoms with van der Waals surface area (Å²) in [5, 5.41) is 28.3. The van der Waals surface area contributed by atoms with Crippen LogP contribution in [0.25, 0.3) is 11.1 Å². The number of nitrogens with one attached hydrogen (secondary N) is 1. The summed E-state index contributed by atoms with van der Waals surface area (Å²) in [5.41, 5.74) is 7.74. The predicted octanol–water partition coefficient (Wildman–Crippen LogP) is 4.55. The molecule has 2 heterocycles. The largest absolute Gasteiger partial charge is 0.465 e. The first-order valence-electron chi connectivity index (χ1n) is 12.7. The fraction of sp³-hybridized carbons (Fsp3) is 0.393. The van der Waals surface area contributed by atoms with E-state index in [9.17, 15) is 14.7 Å². The van der Waals surface area contributed by atoms with E-state index in [4.69, 9.17) is 27.0 Å². The number of carbonyl (C=O) groups excluding carboxylic acids is 1. The van der Waals surface area contributed by atoms with Crippen LogP contribution in [-0.2, 0) is 12.1 Å². The highest BCUT2D eigenvalue weighted by molar-refractivity contribution is 6.33. The van der Waals surface area contributed by atoms with Crippen molar-refractivity contribution < 1.29 is 24.3 Å². The Balaban J connectivity index is 1.71. The van der Waals surface area contributed by atoms with Crippen molar-refractivity contribution in [3.05, 3.63) is 76.1 Å². The van der Waals surface area contributed by atoms with E-state index in [0.717, 1.165) is 16.7 Å². The first-order valence-corrected chi connectivity index (χ1v) is 13.1. The molecule has 3 aromatic rings. The van der Waals surface area contributed by atoms with E-state index in [1.54, 1.807) is 17.0 Å². The topological polar surface area (TPSA) is 142 Å². The normalized spacial score (nSPS) is 17.2. The Kier molecular flexibility index (Phi) is 8.71. The molecule has 0 saturated carbocycles. The number of hydrogen-bond acceptors (Lipinski definition) is 6. The summed E-state index contributed by atoms with van der Waals surface area (Å²) >= 11 is 6.74. The van der Waals surface area contributed by atoms with Crippen LogP contribution in [0, 0.1) is 12.8 Å². The van der Waals surface area contributed by atoms with Gasteiger partial charge in [0, 0.05) is 42.2 Å². The zero-order chi connectivity index (χ0) is 27.3. The number of aryl methyl sites for hydroxylation is 1. The Hall–Kier alpha value is -3.40. The van der Waals surface area contributed by atoms with Crippen LogP contribution in [0.5, 0.6) is 0 Å². The third-order valence-corrected chi connectivity index (χ3v) is 7.48. The molecule has 0 unspecified atom stereocenters. The summed E-state index contributed by atoms with van der Waals surface area (Å²) in [7, 11) is 0. The third-order valence-electron chi connectivity index (χ3n) is 7.16. The van der Waals surface area contributed by atoms with Crippen molar-refractivity contribution in [1.29, 1.82) is 0 Å². The number of nitrogens with zero attached hydrogens (tertiary/aromatic N) is 2. The van der Waals surface area contributed by atoms with Gasteiger partial charge in [0.1, 0.15) is 0 Å². The van der Waals surface area contributed by atoms with Crippen LogP contribution in [-0.4, -0.2) is 51.9 Å². The van der Waals surface area contributed by atoms with Crippen LogP contribution in [0.15, 0.2) is 53.1 Å². The molecule has 0 radical (unpaired) electrons. The number of aliphatic hydroxyl groups is 1. The predicted molar refractivity (Wildman–Crippen MR) is 144 cm³/mol. The first-order chi connectivity index (χ1) is 18.2. The number of rotatable bonds is 9. The smallest absolute Gasteiger partial charge is 0.404 e. The van der Waals surface area contributed by atoms with Crippen molar-refractivity contribution in [1.82, 2.24) is 15.4 Å². The molecule has 5 N–H and O–H groups in total. The average molecular weight is 541 g/mol.